The number of carbonyl (C=O) groups is 1. The molecule has 1 aromatic rings. The Labute approximate surface area is 128 Å². The van der Waals surface area contributed by atoms with E-state index < -0.39 is 0 Å². The molecule has 3 nitrogen and oxygen atoms in total. The summed E-state index contributed by atoms with van der Waals surface area (Å²) < 4.78 is 0. The van der Waals surface area contributed by atoms with Crippen molar-refractivity contribution in [2.24, 2.45) is 5.92 Å². The van der Waals surface area contributed by atoms with Crippen molar-refractivity contribution in [2.45, 2.75) is 45.6 Å². The summed E-state index contributed by atoms with van der Waals surface area (Å²) in [6, 6.07) is 10.5. The Morgan fingerprint density at radius 3 is 2.86 bits per heavy atom. The quantitative estimate of drug-likeness (QED) is 0.781. The van der Waals surface area contributed by atoms with Crippen molar-refractivity contribution in [2.75, 3.05) is 19.6 Å². The molecule has 0 spiro atoms. The highest BCUT2D eigenvalue weighted by Crippen LogP contribution is 2.18. The summed E-state index contributed by atoms with van der Waals surface area (Å²) in [6.07, 6.45) is 5.66. The maximum Gasteiger partial charge on any atom is 0.224 e. The number of amides is 1. The average Bonchev–Trinajstić information content (AvgIpc) is 2.53. The van der Waals surface area contributed by atoms with Gasteiger partial charge in [0, 0.05) is 19.6 Å². The highest BCUT2D eigenvalue weighted by Gasteiger charge is 2.25. The Hall–Kier alpha value is -1.35. The van der Waals surface area contributed by atoms with Crippen LogP contribution in [-0.2, 0) is 11.3 Å². The maximum atomic E-state index is 12.2. The maximum absolute atomic E-state index is 12.2. The predicted molar refractivity (Wildman–Crippen MR) is 87.0 cm³/mol. The largest absolute Gasteiger partial charge is 0.356 e. The number of piperidine rings is 1. The molecule has 1 aliphatic heterocycles. The van der Waals surface area contributed by atoms with Gasteiger partial charge in [0.15, 0.2) is 0 Å². The van der Waals surface area contributed by atoms with E-state index in [-0.39, 0.29) is 11.8 Å². The molecule has 0 unspecified atom stereocenters. The van der Waals surface area contributed by atoms with Gasteiger partial charge in [-0.05, 0) is 31.4 Å². The van der Waals surface area contributed by atoms with Crippen LogP contribution in [0.4, 0.5) is 0 Å². The van der Waals surface area contributed by atoms with Gasteiger partial charge >= 0.3 is 0 Å². The number of rotatable bonds is 7. The van der Waals surface area contributed by atoms with Gasteiger partial charge in [-0.25, -0.2) is 0 Å². The van der Waals surface area contributed by atoms with Crippen LogP contribution in [0.1, 0.15) is 44.6 Å². The smallest absolute Gasteiger partial charge is 0.224 e. The first-order valence-corrected chi connectivity index (χ1v) is 8.33. The normalized spacial score (nSPS) is 19.4. The standard InChI is InChI=1S/C18H28N2O/c1-2-3-7-12-19-18(21)17-11-8-13-20(15-17)14-16-9-5-4-6-10-16/h4-6,9-10,17H,2-3,7-8,11-15H2,1H3,(H,19,21)/t17-/m0/s1. The van der Waals surface area contributed by atoms with Gasteiger partial charge in [-0.15, -0.1) is 0 Å². The fourth-order valence-electron chi connectivity index (χ4n) is 2.99. The second-order valence-corrected chi connectivity index (χ2v) is 6.06. The number of carbonyl (C=O) groups excluding carboxylic acids is 1. The molecule has 1 aliphatic rings. The molecule has 1 fully saturated rings. The van der Waals surface area contributed by atoms with Crippen molar-refractivity contribution >= 4 is 5.91 Å². The second-order valence-electron chi connectivity index (χ2n) is 6.06. The van der Waals surface area contributed by atoms with Gasteiger partial charge in [0.1, 0.15) is 0 Å². The van der Waals surface area contributed by atoms with Gasteiger partial charge in [-0.3, -0.25) is 9.69 Å². The van der Waals surface area contributed by atoms with E-state index in [9.17, 15) is 4.79 Å². The molecular weight excluding hydrogens is 260 g/mol. The Bertz CT molecular complexity index is 418. The number of nitrogens with one attached hydrogen (secondary N) is 1. The van der Waals surface area contributed by atoms with E-state index in [1.807, 2.05) is 6.07 Å². The zero-order chi connectivity index (χ0) is 14.9. The lowest BCUT2D eigenvalue weighted by atomic mass is 9.96. The topological polar surface area (TPSA) is 32.3 Å². The second kappa shape index (κ2) is 8.83. The lowest BCUT2D eigenvalue weighted by Gasteiger charge is -2.32. The molecule has 0 aromatic heterocycles. The minimum absolute atomic E-state index is 0.170. The van der Waals surface area contributed by atoms with Gasteiger partial charge < -0.3 is 5.32 Å². The van der Waals surface area contributed by atoms with Crippen molar-refractivity contribution in [1.29, 1.82) is 0 Å². The molecular formula is C18H28N2O. The molecule has 1 amide bonds. The van der Waals surface area contributed by atoms with Crippen LogP contribution in [0.25, 0.3) is 0 Å². The SMILES string of the molecule is CCCCCNC(=O)[C@H]1CCCN(Cc2ccccc2)C1. The van der Waals surface area contributed by atoms with E-state index in [4.69, 9.17) is 0 Å². The molecule has 1 saturated heterocycles. The van der Waals surface area contributed by atoms with Crippen LogP contribution < -0.4 is 5.32 Å². The first-order valence-electron chi connectivity index (χ1n) is 8.33. The number of nitrogens with zero attached hydrogens (tertiary/aromatic N) is 1. The number of hydrogen-bond donors (Lipinski definition) is 1. The minimum atomic E-state index is 0.170. The molecule has 3 heteroatoms. The highest BCUT2D eigenvalue weighted by molar-refractivity contribution is 5.78. The summed E-state index contributed by atoms with van der Waals surface area (Å²) in [5, 5.41) is 3.11. The Kier molecular flexibility index (Phi) is 6.74. The van der Waals surface area contributed by atoms with Crippen molar-refractivity contribution in [3.63, 3.8) is 0 Å². The first-order chi connectivity index (χ1) is 10.3. The van der Waals surface area contributed by atoms with E-state index in [0.717, 1.165) is 45.4 Å². The van der Waals surface area contributed by atoms with Crippen LogP contribution in [0.15, 0.2) is 30.3 Å². The van der Waals surface area contributed by atoms with Crippen molar-refractivity contribution < 1.29 is 4.79 Å². The predicted octanol–water partition coefficient (Wildman–Crippen LogP) is 3.21. The molecule has 1 N–H and O–H groups in total. The highest BCUT2D eigenvalue weighted by atomic mass is 16.1. The third-order valence-electron chi connectivity index (χ3n) is 4.20. The Balaban J connectivity index is 1.76. The van der Waals surface area contributed by atoms with Crippen LogP contribution in [0.3, 0.4) is 0 Å². The number of unbranched alkanes of at least 4 members (excludes halogenated alkanes) is 2. The van der Waals surface area contributed by atoms with Gasteiger partial charge in [-0.1, -0.05) is 50.1 Å². The molecule has 1 heterocycles. The van der Waals surface area contributed by atoms with Crippen molar-refractivity contribution in [1.82, 2.24) is 10.2 Å². The van der Waals surface area contributed by atoms with Crippen LogP contribution >= 0.6 is 0 Å². The van der Waals surface area contributed by atoms with Crippen LogP contribution in [0, 0.1) is 5.92 Å². The Morgan fingerprint density at radius 2 is 2.10 bits per heavy atom. The van der Waals surface area contributed by atoms with Gasteiger partial charge in [0.25, 0.3) is 0 Å². The average molecular weight is 288 g/mol. The molecule has 2 rings (SSSR count). The summed E-state index contributed by atoms with van der Waals surface area (Å²) in [5.41, 5.74) is 1.33. The minimum Gasteiger partial charge on any atom is -0.356 e. The third-order valence-corrected chi connectivity index (χ3v) is 4.20. The zero-order valence-corrected chi connectivity index (χ0v) is 13.2. The first kappa shape index (κ1) is 16.0. The van der Waals surface area contributed by atoms with E-state index in [0.29, 0.717) is 0 Å². The number of likely N-dealkylation sites (tertiary alicyclic amines) is 1. The van der Waals surface area contributed by atoms with Gasteiger partial charge in [0.05, 0.1) is 5.92 Å². The van der Waals surface area contributed by atoms with E-state index >= 15 is 0 Å². The molecule has 0 aliphatic carbocycles. The molecule has 1 aromatic carbocycles. The molecule has 0 saturated carbocycles. The fourth-order valence-corrected chi connectivity index (χ4v) is 2.99. The Morgan fingerprint density at radius 1 is 1.29 bits per heavy atom. The van der Waals surface area contributed by atoms with Crippen LogP contribution in [0.2, 0.25) is 0 Å². The van der Waals surface area contributed by atoms with E-state index in [1.165, 1.54) is 18.4 Å². The summed E-state index contributed by atoms with van der Waals surface area (Å²) in [7, 11) is 0. The summed E-state index contributed by atoms with van der Waals surface area (Å²) >= 11 is 0. The fraction of sp³-hybridized carbons (Fsp3) is 0.611. The van der Waals surface area contributed by atoms with E-state index in [2.05, 4.69) is 41.4 Å². The zero-order valence-electron chi connectivity index (χ0n) is 13.2. The van der Waals surface area contributed by atoms with Gasteiger partial charge in [-0.2, -0.15) is 0 Å². The monoisotopic (exact) mass is 288 g/mol. The molecule has 0 bridgehead atoms. The lowest BCUT2D eigenvalue weighted by Crippen LogP contribution is -2.42. The van der Waals surface area contributed by atoms with Crippen molar-refractivity contribution in [3.8, 4) is 0 Å². The van der Waals surface area contributed by atoms with Crippen LogP contribution in [-0.4, -0.2) is 30.4 Å². The third kappa shape index (κ3) is 5.50. The van der Waals surface area contributed by atoms with Crippen LogP contribution in [0.5, 0.6) is 0 Å². The summed E-state index contributed by atoms with van der Waals surface area (Å²) in [6.45, 7) is 5.98. The van der Waals surface area contributed by atoms with E-state index in [1.54, 1.807) is 0 Å². The van der Waals surface area contributed by atoms with Gasteiger partial charge in [0.2, 0.25) is 5.91 Å². The molecule has 1 atom stereocenters. The van der Waals surface area contributed by atoms with Crippen molar-refractivity contribution in [3.05, 3.63) is 35.9 Å². The molecule has 0 radical (unpaired) electrons. The summed E-state index contributed by atoms with van der Waals surface area (Å²) in [5.74, 6) is 0.424. The summed E-state index contributed by atoms with van der Waals surface area (Å²) in [4.78, 5) is 14.6. The number of benzene rings is 1. The molecule has 116 valence electrons. The number of hydrogen-bond acceptors (Lipinski definition) is 2. The lowest BCUT2D eigenvalue weighted by molar-refractivity contribution is -0.126. The molecule has 21 heavy (non-hydrogen) atoms.